The third-order valence-electron chi connectivity index (χ3n) is 6.06. The van der Waals surface area contributed by atoms with E-state index in [1.54, 1.807) is 11.2 Å². The fraction of sp³-hybridized carbons (Fsp3) is 0.571. The van der Waals surface area contributed by atoms with Gasteiger partial charge in [0.15, 0.2) is 0 Å². The Bertz CT molecular complexity index is 790. The molecule has 0 aliphatic carbocycles. The van der Waals surface area contributed by atoms with E-state index >= 15 is 4.39 Å². The zero-order valence-corrected chi connectivity index (χ0v) is 15.8. The highest BCUT2D eigenvalue weighted by Gasteiger charge is 2.40. The lowest BCUT2D eigenvalue weighted by Gasteiger charge is -2.43. The number of benzene rings is 1. The second-order valence-electron chi connectivity index (χ2n) is 7.56. The van der Waals surface area contributed by atoms with Crippen molar-refractivity contribution in [3.8, 4) is 0 Å². The molecule has 0 saturated carbocycles. The number of para-hydroxylation sites is 1. The fourth-order valence-corrected chi connectivity index (χ4v) is 4.49. The standard InChI is InChI=1S/C21H27FN2O3/c1-2-26-20(25)24-11-6-17(7-12-24)23-13-9-21(22,10-14-23)18-5-3-4-16-8-15-27-19(16)18/h3-5,8,15,17H,2,6-7,9-14H2,1H3. The van der Waals surface area contributed by atoms with Crippen molar-refractivity contribution in [2.24, 2.45) is 0 Å². The molecule has 1 aromatic heterocycles. The zero-order chi connectivity index (χ0) is 18.9. The summed E-state index contributed by atoms with van der Waals surface area (Å²) in [6, 6.07) is 8.03. The van der Waals surface area contributed by atoms with Crippen molar-refractivity contribution in [3.05, 3.63) is 36.1 Å². The topological polar surface area (TPSA) is 45.9 Å². The lowest BCUT2D eigenvalue weighted by Crippen LogP contribution is -2.50. The molecule has 0 spiro atoms. The van der Waals surface area contributed by atoms with Crippen LogP contribution in [0.5, 0.6) is 0 Å². The molecule has 5 nitrogen and oxygen atoms in total. The van der Waals surface area contributed by atoms with Gasteiger partial charge in [0, 0.05) is 43.2 Å². The molecule has 0 atom stereocenters. The molecular weight excluding hydrogens is 347 g/mol. The predicted octanol–water partition coefficient (Wildman–Crippen LogP) is 4.31. The number of halogens is 1. The SMILES string of the molecule is CCOC(=O)N1CCC(N2CCC(F)(c3cccc4ccoc34)CC2)CC1. The third kappa shape index (κ3) is 3.55. The summed E-state index contributed by atoms with van der Waals surface area (Å²) in [6.07, 6.45) is 4.21. The highest BCUT2D eigenvalue weighted by Crippen LogP contribution is 2.41. The van der Waals surface area contributed by atoms with E-state index in [4.69, 9.17) is 9.15 Å². The van der Waals surface area contributed by atoms with Gasteiger partial charge in [-0.3, -0.25) is 4.90 Å². The molecule has 2 aliphatic heterocycles. The molecule has 2 aromatic rings. The summed E-state index contributed by atoms with van der Waals surface area (Å²) < 4.78 is 26.4. The van der Waals surface area contributed by atoms with Crippen molar-refractivity contribution in [2.45, 2.75) is 44.3 Å². The van der Waals surface area contributed by atoms with Gasteiger partial charge in [0.1, 0.15) is 11.3 Å². The maximum Gasteiger partial charge on any atom is 0.409 e. The van der Waals surface area contributed by atoms with E-state index in [0.29, 0.717) is 49.7 Å². The van der Waals surface area contributed by atoms with Crippen LogP contribution in [0.4, 0.5) is 9.18 Å². The van der Waals surface area contributed by atoms with E-state index < -0.39 is 5.67 Å². The quantitative estimate of drug-likeness (QED) is 0.803. The third-order valence-corrected chi connectivity index (χ3v) is 6.06. The Balaban J connectivity index is 1.37. The molecule has 1 amide bonds. The van der Waals surface area contributed by atoms with Crippen molar-refractivity contribution in [2.75, 3.05) is 32.8 Å². The number of furan rings is 1. The minimum atomic E-state index is -1.33. The number of hydrogen-bond donors (Lipinski definition) is 0. The van der Waals surface area contributed by atoms with Gasteiger partial charge in [-0.2, -0.15) is 0 Å². The minimum Gasteiger partial charge on any atom is -0.464 e. The van der Waals surface area contributed by atoms with Crippen LogP contribution >= 0.6 is 0 Å². The first kappa shape index (κ1) is 18.3. The van der Waals surface area contributed by atoms with Crippen LogP contribution in [-0.2, 0) is 10.4 Å². The van der Waals surface area contributed by atoms with Crippen molar-refractivity contribution >= 4 is 17.1 Å². The first-order chi connectivity index (χ1) is 13.1. The van der Waals surface area contributed by atoms with Crippen molar-refractivity contribution in [1.29, 1.82) is 0 Å². The van der Waals surface area contributed by atoms with Crippen LogP contribution in [0.15, 0.2) is 34.9 Å². The lowest BCUT2D eigenvalue weighted by atomic mass is 9.84. The molecule has 0 N–H and O–H groups in total. The first-order valence-corrected chi connectivity index (χ1v) is 9.92. The predicted molar refractivity (Wildman–Crippen MR) is 101 cm³/mol. The van der Waals surface area contributed by atoms with Crippen LogP contribution in [0.2, 0.25) is 0 Å². The number of rotatable bonds is 3. The normalized spacial score (nSPS) is 21.5. The monoisotopic (exact) mass is 374 g/mol. The van der Waals surface area contributed by atoms with E-state index in [2.05, 4.69) is 4.90 Å². The summed E-state index contributed by atoms with van der Waals surface area (Å²) in [5.41, 5.74) is 0.0254. The number of hydrogen-bond acceptors (Lipinski definition) is 4. The maximum absolute atomic E-state index is 15.7. The first-order valence-electron chi connectivity index (χ1n) is 9.92. The van der Waals surface area contributed by atoms with Crippen molar-refractivity contribution in [1.82, 2.24) is 9.80 Å². The number of likely N-dealkylation sites (tertiary alicyclic amines) is 2. The minimum absolute atomic E-state index is 0.219. The smallest absolute Gasteiger partial charge is 0.409 e. The van der Waals surface area contributed by atoms with Gasteiger partial charge >= 0.3 is 6.09 Å². The van der Waals surface area contributed by atoms with Gasteiger partial charge in [-0.25, -0.2) is 9.18 Å². The van der Waals surface area contributed by atoms with Gasteiger partial charge in [0.25, 0.3) is 0 Å². The van der Waals surface area contributed by atoms with Crippen LogP contribution < -0.4 is 0 Å². The number of alkyl halides is 1. The highest BCUT2D eigenvalue weighted by molar-refractivity contribution is 5.81. The van der Waals surface area contributed by atoms with E-state index in [1.165, 1.54) is 0 Å². The number of ether oxygens (including phenoxy) is 1. The van der Waals surface area contributed by atoms with Gasteiger partial charge in [-0.05, 0) is 38.7 Å². The molecule has 27 heavy (non-hydrogen) atoms. The Hall–Kier alpha value is -2.08. The molecule has 4 rings (SSSR count). The molecule has 0 unspecified atom stereocenters. The summed E-state index contributed by atoms with van der Waals surface area (Å²) in [4.78, 5) is 16.0. The Morgan fingerprint density at radius 3 is 2.67 bits per heavy atom. The number of nitrogens with zero attached hydrogens (tertiary/aromatic N) is 2. The van der Waals surface area contributed by atoms with Crippen LogP contribution in [0, 0.1) is 0 Å². The summed E-state index contributed by atoms with van der Waals surface area (Å²) in [7, 11) is 0. The zero-order valence-electron chi connectivity index (χ0n) is 15.8. The lowest BCUT2D eigenvalue weighted by molar-refractivity contribution is 0.0173. The molecule has 0 radical (unpaired) electrons. The van der Waals surface area contributed by atoms with Gasteiger partial charge in [-0.1, -0.05) is 18.2 Å². The van der Waals surface area contributed by atoms with E-state index in [-0.39, 0.29) is 6.09 Å². The number of fused-ring (bicyclic) bond motifs is 1. The van der Waals surface area contributed by atoms with Crippen molar-refractivity contribution in [3.63, 3.8) is 0 Å². The van der Waals surface area contributed by atoms with E-state index in [9.17, 15) is 4.79 Å². The van der Waals surface area contributed by atoms with Crippen LogP contribution in [0.25, 0.3) is 11.0 Å². The second kappa shape index (κ2) is 7.50. The van der Waals surface area contributed by atoms with Crippen LogP contribution in [0.1, 0.15) is 38.2 Å². The largest absolute Gasteiger partial charge is 0.464 e. The number of carbonyl (C=O) groups excluding carboxylic acids is 1. The summed E-state index contributed by atoms with van der Waals surface area (Å²) >= 11 is 0. The van der Waals surface area contributed by atoms with E-state index in [1.807, 2.05) is 31.2 Å². The molecular formula is C21H27FN2O3. The summed E-state index contributed by atoms with van der Waals surface area (Å²) in [5, 5.41) is 0.957. The average Bonchev–Trinajstić information content (AvgIpc) is 3.18. The number of piperidine rings is 2. The molecule has 0 bridgehead atoms. The Kier molecular flexibility index (Phi) is 5.08. The highest BCUT2D eigenvalue weighted by atomic mass is 19.1. The van der Waals surface area contributed by atoms with Gasteiger partial charge in [-0.15, -0.1) is 0 Å². The molecule has 146 valence electrons. The molecule has 2 aliphatic rings. The molecule has 2 saturated heterocycles. The van der Waals surface area contributed by atoms with Gasteiger partial charge in [0.05, 0.1) is 12.9 Å². The summed E-state index contributed by atoms with van der Waals surface area (Å²) in [5.74, 6) is 0. The van der Waals surface area contributed by atoms with E-state index in [0.717, 1.165) is 31.3 Å². The fourth-order valence-electron chi connectivity index (χ4n) is 4.49. The maximum atomic E-state index is 15.7. The second-order valence-corrected chi connectivity index (χ2v) is 7.56. The average molecular weight is 374 g/mol. The van der Waals surface area contributed by atoms with Crippen molar-refractivity contribution < 1.29 is 18.3 Å². The van der Waals surface area contributed by atoms with Crippen LogP contribution in [0.3, 0.4) is 0 Å². The Morgan fingerprint density at radius 2 is 1.96 bits per heavy atom. The van der Waals surface area contributed by atoms with Crippen LogP contribution in [-0.4, -0.2) is 54.7 Å². The number of carbonyl (C=O) groups is 1. The van der Waals surface area contributed by atoms with Gasteiger partial charge < -0.3 is 14.1 Å². The Labute approximate surface area is 159 Å². The molecule has 6 heteroatoms. The molecule has 2 fully saturated rings. The summed E-state index contributed by atoms with van der Waals surface area (Å²) in [6.45, 7) is 5.13. The molecule has 1 aromatic carbocycles. The van der Waals surface area contributed by atoms with Gasteiger partial charge in [0.2, 0.25) is 0 Å². The molecule has 3 heterocycles. The number of amides is 1. The Morgan fingerprint density at radius 1 is 1.22 bits per heavy atom.